The fourth-order valence-corrected chi connectivity index (χ4v) is 7.99. The standard InChI is InChI=1S/C35H60O27/c1-7-13(38)19(44)22(47)31(54-7)61-28-18(43)12(6-52-34(28)60-26-14(39)8(2)53-30(51)24(26)49)58-35-29(21(46)17(42)11(5-37)57-35)62-33-25(50)27(15(40)9(3)55-33)59-32-23(48)20(45)16(41)10(4-36)56-32/h7-51H,4-6H2,1-3H3/t7-,8-,9-,10-,11-,12-,13-,14-,15+,16+,17+,18+,19+,20+,21+,22-,23-,24-,25-,26+,27+,28-,29-,30-,31+,32+,33+,34+,35+/m1/s1. The fourth-order valence-electron chi connectivity index (χ4n) is 7.99. The van der Waals surface area contributed by atoms with Crippen LogP contribution < -0.4 is 0 Å². The van der Waals surface area contributed by atoms with E-state index in [1.54, 1.807) is 0 Å². The molecular formula is C35H60O27. The van der Waals surface area contributed by atoms with Gasteiger partial charge in [0.15, 0.2) is 37.7 Å². The Balaban J connectivity index is 1.23. The molecule has 6 aliphatic rings. The number of aliphatic hydroxyl groups excluding tert-OH is 16. The first-order valence-corrected chi connectivity index (χ1v) is 20.1. The molecule has 6 rings (SSSR count). The Kier molecular flexibility index (Phi) is 16.9. The van der Waals surface area contributed by atoms with Gasteiger partial charge in [-0.25, -0.2) is 0 Å². The van der Waals surface area contributed by atoms with Crippen LogP contribution in [0.3, 0.4) is 0 Å². The van der Waals surface area contributed by atoms with Crippen molar-refractivity contribution in [1.82, 2.24) is 0 Å². The van der Waals surface area contributed by atoms with Gasteiger partial charge in [-0.3, -0.25) is 0 Å². The quantitative estimate of drug-likeness (QED) is 0.0864. The number of ether oxygens (including phenoxy) is 11. The number of aliphatic hydroxyl groups is 16. The van der Waals surface area contributed by atoms with Gasteiger partial charge in [-0.05, 0) is 20.8 Å². The van der Waals surface area contributed by atoms with Gasteiger partial charge < -0.3 is 134 Å². The number of rotatable bonds is 12. The molecule has 6 aliphatic heterocycles. The van der Waals surface area contributed by atoms with Crippen molar-refractivity contribution in [2.45, 2.75) is 199 Å². The van der Waals surface area contributed by atoms with Gasteiger partial charge in [0, 0.05) is 0 Å². The van der Waals surface area contributed by atoms with Gasteiger partial charge in [0.05, 0.1) is 38.1 Å². The van der Waals surface area contributed by atoms with Crippen molar-refractivity contribution < 1.29 is 134 Å². The average molecular weight is 913 g/mol. The van der Waals surface area contributed by atoms with Crippen molar-refractivity contribution in [2.24, 2.45) is 0 Å². The highest BCUT2D eigenvalue weighted by atomic mass is 16.8. The van der Waals surface area contributed by atoms with Gasteiger partial charge in [0.2, 0.25) is 0 Å². The lowest BCUT2D eigenvalue weighted by atomic mass is 9.96. The second-order valence-electron chi connectivity index (χ2n) is 16.3. The zero-order valence-electron chi connectivity index (χ0n) is 33.5. The first-order chi connectivity index (χ1) is 29.2. The summed E-state index contributed by atoms with van der Waals surface area (Å²) in [6.45, 7) is 1.64. The maximum absolute atomic E-state index is 11.8. The van der Waals surface area contributed by atoms with Crippen molar-refractivity contribution in [1.29, 1.82) is 0 Å². The van der Waals surface area contributed by atoms with Gasteiger partial charge >= 0.3 is 0 Å². The van der Waals surface area contributed by atoms with Crippen LogP contribution >= 0.6 is 0 Å². The van der Waals surface area contributed by atoms with Crippen LogP contribution in [0.2, 0.25) is 0 Å². The summed E-state index contributed by atoms with van der Waals surface area (Å²) in [5, 5.41) is 170. The molecule has 0 unspecified atom stereocenters. The topological polar surface area (TPSA) is 425 Å². The van der Waals surface area contributed by atoms with Crippen LogP contribution in [-0.4, -0.2) is 280 Å². The highest BCUT2D eigenvalue weighted by Gasteiger charge is 2.56. The van der Waals surface area contributed by atoms with Crippen molar-refractivity contribution in [2.75, 3.05) is 19.8 Å². The Morgan fingerprint density at radius 3 is 1.35 bits per heavy atom. The molecular weight excluding hydrogens is 852 g/mol. The smallest absolute Gasteiger partial charge is 0.187 e. The summed E-state index contributed by atoms with van der Waals surface area (Å²) >= 11 is 0. The van der Waals surface area contributed by atoms with E-state index in [0.717, 1.165) is 0 Å². The van der Waals surface area contributed by atoms with Crippen LogP contribution in [0.5, 0.6) is 0 Å². The maximum Gasteiger partial charge on any atom is 0.187 e. The van der Waals surface area contributed by atoms with Crippen molar-refractivity contribution in [3.05, 3.63) is 0 Å². The van der Waals surface area contributed by atoms with E-state index in [0.29, 0.717) is 0 Å². The molecule has 0 aromatic rings. The van der Waals surface area contributed by atoms with E-state index in [2.05, 4.69) is 0 Å². The average Bonchev–Trinajstić information content (AvgIpc) is 3.24. The Morgan fingerprint density at radius 1 is 0.355 bits per heavy atom. The minimum Gasteiger partial charge on any atom is -0.394 e. The Bertz CT molecular complexity index is 1390. The van der Waals surface area contributed by atoms with E-state index in [1.165, 1.54) is 20.8 Å². The molecule has 6 saturated heterocycles. The molecule has 62 heavy (non-hydrogen) atoms. The molecule has 6 heterocycles. The van der Waals surface area contributed by atoms with Gasteiger partial charge in [-0.1, -0.05) is 0 Å². The summed E-state index contributed by atoms with van der Waals surface area (Å²) in [6, 6.07) is 0. The summed E-state index contributed by atoms with van der Waals surface area (Å²) in [4.78, 5) is 0. The van der Waals surface area contributed by atoms with Crippen LogP contribution in [-0.2, 0) is 52.1 Å². The largest absolute Gasteiger partial charge is 0.394 e. The van der Waals surface area contributed by atoms with Crippen LogP contribution in [0.4, 0.5) is 0 Å². The maximum atomic E-state index is 11.8. The van der Waals surface area contributed by atoms with Gasteiger partial charge in [-0.2, -0.15) is 0 Å². The molecule has 362 valence electrons. The molecule has 27 heteroatoms. The normalized spacial score (nSPS) is 55.5. The second-order valence-corrected chi connectivity index (χ2v) is 16.3. The number of hydrogen-bond acceptors (Lipinski definition) is 27. The van der Waals surface area contributed by atoms with E-state index in [9.17, 15) is 81.7 Å². The Morgan fingerprint density at radius 2 is 0.774 bits per heavy atom. The van der Waals surface area contributed by atoms with Crippen molar-refractivity contribution in [3.8, 4) is 0 Å². The predicted octanol–water partition coefficient (Wildman–Crippen LogP) is -10.4. The molecule has 0 spiro atoms. The lowest BCUT2D eigenvalue weighted by molar-refractivity contribution is -0.401. The monoisotopic (exact) mass is 912 g/mol. The first-order valence-electron chi connectivity index (χ1n) is 20.1. The molecule has 27 nitrogen and oxygen atoms in total. The molecule has 0 aliphatic carbocycles. The number of hydrogen-bond donors (Lipinski definition) is 16. The van der Waals surface area contributed by atoms with E-state index >= 15 is 0 Å². The SMILES string of the molecule is C[C@H]1O[C@@H](O[C@H]2[C@H](O[C@@H]3CO[C@@H](O[C@@H]4[C@@H](O)[C@H](O)O[C@H](C)[C@H]4O)[C@H](O[C@@H]4O[C@H](C)[C@@H](O)[C@H](O)[C@H]4O)[C@H]3O)O[C@H](CO)[C@H](O)[C@@H]2O)[C@H](O)[C@@H](O[C@@H]2O[C@H](CO)[C@H](O)[C@H](O)[C@H]2O)[C@H]1O. The van der Waals surface area contributed by atoms with Gasteiger partial charge in [0.25, 0.3) is 0 Å². The highest BCUT2D eigenvalue weighted by molar-refractivity contribution is 4.98. The zero-order chi connectivity index (χ0) is 45.6. The fraction of sp³-hybridized carbons (Fsp3) is 1.00. The third kappa shape index (κ3) is 10.1. The highest BCUT2D eigenvalue weighted by Crippen LogP contribution is 2.36. The Hall–Kier alpha value is -1.08. The van der Waals surface area contributed by atoms with E-state index < -0.39 is 198 Å². The molecule has 0 amide bonds. The predicted molar refractivity (Wildman–Crippen MR) is 189 cm³/mol. The molecule has 29 atom stereocenters. The lowest BCUT2D eigenvalue weighted by Gasteiger charge is -2.49. The lowest BCUT2D eigenvalue weighted by Crippen LogP contribution is -2.67. The summed E-state index contributed by atoms with van der Waals surface area (Å²) < 4.78 is 62.4. The van der Waals surface area contributed by atoms with E-state index in [1.807, 2.05) is 0 Å². The van der Waals surface area contributed by atoms with Crippen molar-refractivity contribution >= 4 is 0 Å². The molecule has 0 bridgehead atoms. The molecule has 6 fully saturated rings. The summed E-state index contributed by atoms with van der Waals surface area (Å²) in [6.07, 6.45) is -50.3. The molecule has 16 N–H and O–H groups in total. The van der Waals surface area contributed by atoms with E-state index in [4.69, 9.17) is 52.1 Å². The minimum atomic E-state index is -2.04. The minimum absolute atomic E-state index is 0.666. The summed E-state index contributed by atoms with van der Waals surface area (Å²) in [5.74, 6) is 0. The second kappa shape index (κ2) is 20.8. The summed E-state index contributed by atoms with van der Waals surface area (Å²) in [7, 11) is 0. The summed E-state index contributed by atoms with van der Waals surface area (Å²) in [5.41, 5.74) is 0. The van der Waals surface area contributed by atoms with Gasteiger partial charge in [0.1, 0.15) is 122 Å². The third-order valence-corrected chi connectivity index (χ3v) is 11.9. The Labute approximate surface area is 352 Å². The zero-order valence-corrected chi connectivity index (χ0v) is 33.5. The van der Waals surface area contributed by atoms with Crippen molar-refractivity contribution in [3.63, 3.8) is 0 Å². The molecule has 0 aromatic carbocycles. The van der Waals surface area contributed by atoms with Crippen LogP contribution in [0.15, 0.2) is 0 Å². The third-order valence-electron chi connectivity index (χ3n) is 11.9. The van der Waals surface area contributed by atoms with Crippen LogP contribution in [0, 0.1) is 0 Å². The first kappa shape index (κ1) is 50.3. The molecule has 0 radical (unpaired) electrons. The molecule has 0 aromatic heterocycles. The van der Waals surface area contributed by atoms with Crippen LogP contribution in [0.1, 0.15) is 20.8 Å². The van der Waals surface area contributed by atoms with Gasteiger partial charge in [-0.15, -0.1) is 0 Å². The van der Waals surface area contributed by atoms with E-state index in [-0.39, 0.29) is 0 Å². The van der Waals surface area contributed by atoms with Crippen LogP contribution in [0.25, 0.3) is 0 Å². The molecule has 0 saturated carbocycles.